The van der Waals surface area contributed by atoms with Gasteiger partial charge in [-0.1, -0.05) is 60.7 Å². The number of H-pyrrole nitrogens is 1. The summed E-state index contributed by atoms with van der Waals surface area (Å²) in [6.07, 6.45) is 1.97. The van der Waals surface area contributed by atoms with E-state index in [1.54, 1.807) is 0 Å². The van der Waals surface area contributed by atoms with Gasteiger partial charge in [-0.05, 0) is 11.1 Å². The third-order valence-corrected chi connectivity index (χ3v) is 3.06. The second kappa shape index (κ2) is 4.41. The number of nitrogen functional groups attached to an aromatic ring is 1. The van der Waals surface area contributed by atoms with E-state index in [9.17, 15) is 0 Å². The minimum atomic E-state index is 0.708. The van der Waals surface area contributed by atoms with E-state index >= 15 is 0 Å². The van der Waals surface area contributed by atoms with Crippen molar-refractivity contribution in [2.45, 2.75) is 0 Å². The van der Waals surface area contributed by atoms with E-state index in [1.165, 1.54) is 5.56 Å². The Labute approximate surface area is 106 Å². The average Bonchev–Trinajstić information content (AvgIpc) is 2.83. The van der Waals surface area contributed by atoms with Crippen LogP contribution in [0, 0.1) is 0 Å². The molecule has 3 N–H and O–H groups in total. The second-order valence-corrected chi connectivity index (χ2v) is 4.22. The molecule has 18 heavy (non-hydrogen) atoms. The highest BCUT2D eigenvalue weighted by Crippen LogP contribution is 2.36. The molecule has 0 aliphatic heterocycles. The molecule has 0 saturated heterocycles. The molecule has 2 heteroatoms. The van der Waals surface area contributed by atoms with Crippen molar-refractivity contribution in [1.82, 2.24) is 4.98 Å². The predicted octanol–water partition coefficient (Wildman–Crippen LogP) is 3.93. The maximum Gasteiger partial charge on any atom is 0.109 e. The molecule has 3 rings (SSSR count). The summed E-state index contributed by atoms with van der Waals surface area (Å²) in [6.45, 7) is 0. The molecule has 0 spiro atoms. The van der Waals surface area contributed by atoms with Gasteiger partial charge in [-0.2, -0.15) is 0 Å². The third-order valence-electron chi connectivity index (χ3n) is 3.06. The van der Waals surface area contributed by atoms with Crippen molar-refractivity contribution in [3.63, 3.8) is 0 Å². The lowest BCUT2D eigenvalue weighted by Crippen LogP contribution is -1.88. The Kier molecular flexibility index (Phi) is 2.61. The Balaban J connectivity index is 2.19. The van der Waals surface area contributed by atoms with E-state index in [2.05, 4.69) is 29.2 Å². The number of rotatable bonds is 2. The Morgan fingerprint density at radius 2 is 1.28 bits per heavy atom. The Hall–Kier alpha value is -2.48. The van der Waals surface area contributed by atoms with Crippen LogP contribution in [0.2, 0.25) is 0 Å². The Bertz CT molecular complexity index is 639. The van der Waals surface area contributed by atoms with E-state index in [4.69, 9.17) is 5.73 Å². The predicted molar refractivity (Wildman–Crippen MR) is 76.1 cm³/mol. The van der Waals surface area contributed by atoms with Crippen molar-refractivity contribution < 1.29 is 0 Å². The normalized spacial score (nSPS) is 10.4. The van der Waals surface area contributed by atoms with E-state index in [0.717, 1.165) is 16.7 Å². The summed E-state index contributed by atoms with van der Waals surface area (Å²) in [7, 11) is 0. The molecule has 0 saturated carbocycles. The first-order valence-electron chi connectivity index (χ1n) is 5.94. The minimum absolute atomic E-state index is 0.708. The van der Waals surface area contributed by atoms with Crippen molar-refractivity contribution in [1.29, 1.82) is 0 Å². The van der Waals surface area contributed by atoms with Crippen LogP contribution in [-0.2, 0) is 0 Å². The lowest BCUT2D eigenvalue weighted by atomic mass is 9.98. The number of anilines is 1. The van der Waals surface area contributed by atoms with Gasteiger partial charge in [0, 0.05) is 17.3 Å². The maximum atomic E-state index is 6.06. The van der Waals surface area contributed by atoms with Gasteiger partial charge >= 0.3 is 0 Å². The summed E-state index contributed by atoms with van der Waals surface area (Å²) in [5.74, 6) is 0.708. The fourth-order valence-electron chi connectivity index (χ4n) is 2.20. The highest BCUT2D eigenvalue weighted by Gasteiger charge is 2.12. The molecule has 0 bridgehead atoms. The first kappa shape index (κ1) is 10.7. The average molecular weight is 234 g/mol. The lowest BCUT2D eigenvalue weighted by molar-refractivity contribution is 1.41. The third kappa shape index (κ3) is 1.78. The monoisotopic (exact) mass is 234 g/mol. The molecule has 2 nitrogen and oxygen atoms in total. The quantitative estimate of drug-likeness (QED) is 0.693. The molecule has 0 aliphatic rings. The van der Waals surface area contributed by atoms with Gasteiger partial charge < -0.3 is 10.7 Å². The highest BCUT2D eigenvalue weighted by molar-refractivity contribution is 5.90. The first-order chi connectivity index (χ1) is 8.86. The van der Waals surface area contributed by atoms with Crippen molar-refractivity contribution in [2.75, 3.05) is 5.73 Å². The number of aromatic amines is 1. The molecule has 0 aliphatic carbocycles. The number of aromatic nitrogens is 1. The van der Waals surface area contributed by atoms with E-state index in [0.29, 0.717) is 5.82 Å². The molecule has 3 aromatic rings. The van der Waals surface area contributed by atoms with Gasteiger partial charge in [0.15, 0.2) is 0 Å². The van der Waals surface area contributed by atoms with Crippen LogP contribution in [-0.4, -0.2) is 4.98 Å². The SMILES string of the molecule is Nc1[nH]cc(-c2ccccc2)c1-c1ccccc1. The van der Waals surface area contributed by atoms with Crippen LogP contribution in [0.15, 0.2) is 66.9 Å². The van der Waals surface area contributed by atoms with E-state index in [-0.39, 0.29) is 0 Å². The second-order valence-electron chi connectivity index (χ2n) is 4.22. The van der Waals surface area contributed by atoms with Crippen molar-refractivity contribution in [3.8, 4) is 22.3 Å². The maximum absolute atomic E-state index is 6.06. The molecule has 88 valence electrons. The molecule has 0 radical (unpaired) electrons. The molecule has 0 unspecified atom stereocenters. The lowest BCUT2D eigenvalue weighted by Gasteiger charge is -2.05. The van der Waals surface area contributed by atoms with Crippen molar-refractivity contribution in [3.05, 3.63) is 66.9 Å². The van der Waals surface area contributed by atoms with Crippen LogP contribution < -0.4 is 5.73 Å². The zero-order chi connectivity index (χ0) is 12.4. The molecule has 1 heterocycles. The number of hydrogen-bond donors (Lipinski definition) is 2. The summed E-state index contributed by atoms with van der Waals surface area (Å²) < 4.78 is 0. The summed E-state index contributed by atoms with van der Waals surface area (Å²) in [5.41, 5.74) is 10.6. The van der Waals surface area contributed by atoms with Crippen molar-refractivity contribution >= 4 is 5.82 Å². The number of nitrogens with two attached hydrogens (primary N) is 1. The van der Waals surface area contributed by atoms with Gasteiger partial charge in [0.2, 0.25) is 0 Å². The summed E-state index contributed by atoms with van der Waals surface area (Å²) in [6, 6.07) is 20.5. The summed E-state index contributed by atoms with van der Waals surface area (Å²) >= 11 is 0. The Morgan fingerprint density at radius 1 is 0.722 bits per heavy atom. The van der Waals surface area contributed by atoms with Gasteiger partial charge in [0.1, 0.15) is 5.82 Å². The standard InChI is InChI=1S/C16H14N2/c17-16-15(13-9-5-2-6-10-13)14(11-18-16)12-7-3-1-4-8-12/h1-11,18H,17H2. The molecule has 1 aromatic heterocycles. The Morgan fingerprint density at radius 3 is 1.89 bits per heavy atom. The van der Waals surface area contributed by atoms with Crippen LogP contribution in [0.1, 0.15) is 0 Å². The molecular weight excluding hydrogens is 220 g/mol. The van der Waals surface area contributed by atoms with Gasteiger partial charge in [-0.3, -0.25) is 0 Å². The van der Waals surface area contributed by atoms with Gasteiger partial charge in [0.25, 0.3) is 0 Å². The minimum Gasteiger partial charge on any atom is -0.385 e. The molecule has 0 amide bonds. The number of nitrogens with one attached hydrogen (secondary N) is 1. The van der Waals surface area contributed by atoms with E-state index in [1.807, 2.05) is 42.6 Å². The van der Waals surface area contributed by atoms with Gasteiger partial charge in [-0.25, -0.2) is 0 Å². The molecule has 0 atom stereocenters. The van der Waals surface area contributed by atoms with Crippen LogP contribution in [0.25, 0.3) is 22.3 Å². The fourth-order valence-corrected chi connectivity index (χ4v) is 2.20. The highest BCUT2D eigenvalue weighted by atomic mass is 14.8. The number of hydrogen-bond acceptors (Lipinski definition) is 1. The van der Waals surface area contributed by atoms with E-state index < -0.39 is 0 Å². The molecule has 2 aromatic carbocycles. The summed E-state index contributed by atoms with van der Waals surface area (Å²) in [5, 5.41) is 0. The molecule has 0 fully saturated rings. The van der Waals surface area contributed by atoms with Crippen LogP contribution in [0.3, 0.4) is 0 Å². The van der Waals surface area contributed by atoms with Crippen LogP contribution in [0.5, 0.6) is 0 Å². The fraction of sp³-hybridized carbons (Fsp3) is 0. The number of benzene rings is 2. The van der Waals surface area contributed by atoms with Crippen molar-refractivity contribution in [2.24, 2.45) is 0 Å². The summed E-state index contributed by atoms with van der Waals surface area (Å²) in [4.78, 5) is 3.11. The zero-order valence-electron chi connectivity index (χ0n) is 9.93. The van der Waals surface area contributed by atoms with Gasteiger partial charge in [-0.15, -0.1) is 0 Å². The van der Waals surface area contributed by atoms with Gasteiger partial charge in [0.05, 0.1) is 0 Å². The largest absolute Gasteiger partial charge is 0.385 e. The molecular formula is C16H14N2. The topological polar surface area (TPSA) is 41.8 Å². The van der Waals surface area contributed by atoms with Crippen LogP contribution >= 0.6 is 0 Å². The zero-order valence-corrected chi connectivity index (χ0v) is 9.93. The van der Waals surface area contributed by atoms with Crippen LogP contribution in [0.4, 0.5) is 5.82 Å². The smallest absolute Gasteiger partial charge is 0.109 e. The first-order valence-corrected chi connectivity index (χ1v) is 5.94.